The van der Waals surface area contributed by atoms with Gasteiger partial charge in [0.05, 0.1) is 18.3 Å². The topological polar surface area (TPSA) is 109 Å². The van der Waals surface area contributed by atoms with E-state index in [0.29, 0.717) is 49.7 Å². The van der Waals surface area contributed by atoms with Crippen LogP contribution in [0, 0.1) is 0 Å². The molecule has 0 radical (unpaired) electrons. The van der Waals surface area contributed by atoms with E-state index in [4.69, 9.17) is 29.9 Å². The molecule has 188 valence electrons. The van der Waals surface area contributed by atoms with Crippen molar-refractivity contribution in [2.24, 2.45) is 5.73 Å². The molecule has 9 nitrogen and oxygen atoms in total. The number of ether oxygens (including phenoxy) is 3. The molecular formula is C26H36N6O3. The number of hydrogen-bond donors (Lipinski definition) is 2. The van der Waals surface area contributed by atoms with Crippen LogP contribution in [0.1, 0.15) is 55.7 Å². The van der Waals surface area contributed by atoms with Crippen molar-refractivity contribution in [2.45, 2.75) is 69.9 Å². The lowest BCUT2D eigenvalue weighted by atomic mass is 9.96. The van der Waals surface area contributed by atoms with Gasteiger partial charge in [-0.25, -0.2) is 9.97 Å². The molecule has 2 aromatic rings. The fraction of sp³-hybridized carbons (Fsp3) is 0.577. The van der Waals surface area contributed by atoms with Crippen LogP contribution in [0.2, 0.25) is 0 Å². The summed E-state index contributed by atoms with van der Waals surface area (Å²) >= 11 is 0. The Morgan fingerprint density at radius 2 is 2.03 bits per heavy atom. The third-order valence-electron chi connectivity index (χ3n) is 7.04. The van der Waals surface area contributed by atoms with Crippen molar-refractivity contribution >= 4 is 5.95 Å². The van der Waals surface area contributed by atoms with E-state index in [9.17, 15) is 0 Å². The minimum Gasteiger partial charge on any atom is -0.489 e. The van der Waals surface area contributed by atoms with Crippen molar-refractivity contribution in [2.75, 3.05) is 32.2 Å². The summed E-state index contributed by atoms with van der Waals surface area (Å²) in [4.78, 5) is 14.5. The van der Waals surface area contributed by atoms with E-state index in [0.717, 1.165) is 36.6 Å². The normalized spacial score (nSPS) is 21.0. The smallest absolute Gasteiger partial charge is 0.224 e. The lowest BCUT2D eigenvalue weighted by Gasteiger charge is -2.23. The summed E-state index contributed by atoms with van der Waals surface area (Å²) in [5.41, 5.74) is 8.11. The molecule has 5 rings (SSSR count). The van der Waals surface area contributed by atoms with Crippen LogP contribution < -0.4 is 11.1 Å². The van der Waals surface area contributed by atoms with Crippen LogP contribution in [0.25, 0.3) is 5.82 Å². The highest BCUT2D eigenvalue weighted by molar-refractivity contribution is 5.38. The van der Waals surface area contributed by atoms with Crippen molar-refractivity contribution < 1.29 is 14.2 Å². The Kier molecular flexibility index (Phi) is 7.63. The number of anilines is 1. The minimum absolute atomic E-state index is 0.202. The molecule has 1 aliphatic heterocycles. The first-order valence-electron chi connectivity index (χ1n) is 12.8. The first-order chi connectivity index (χ1) is 17.2. The molecule has 2 aliphatic carbocycles. The lowest BCUT2D eigenvalue weighted by Crippen LogP contribution is -2.24. The molecule has 9 heteroatoms. The highest BCUT2D eigenvalue weighted by Crippen LogP contribution is 2.28. The summed E-state index contributed by atoms with van der Waals surface area (Å²) < 4.78 is 19.2. The first kappa shape index (κ1) is 23.8. The third kappa shape index (κ3) is 5.51. The number of imidazole rings is 1. The van der Waals surface area contributed by atoms with Gasteiger partial charge in [0.1, 0.15) is 24.9 Å². The van der Waals surface area contributed by atoms with Gasteiger partial charge in [0.2, 0.25) is 5.95 Å². The van der Waals surface area contributed by atoms with Crippen LogP contribution >= 0.6 is 0 Å². The van der Waals surface area contributed by atoms with Crippen LogP contribution in [0.15, 0.2) is 35.9 Å². The number of nitrogens with one attached hydrogen (secondary N) is 1. The first-order valence-corrected chi connectivity index (χ1v) is 12.8. The van der Waals surface area contributed by atoms with E-state index in [1.807, 2.05) is 18.3 Å². The predicted molar refractivity (Wildman–Crippen MR) is 133 cm³/mol. The molecule has 1 saturated carbocycles. The lowest BCUT2D eigenvalue weighted by molar-refractivity contribution is 0.0685. The van der Waals surface area contributed by atoms with Gasteiger partial charge in [-0.15, -0.1) is 0 Å². The number of hydrogen-bond acceptors (Lipinski definition) is 8. The molecule has 3 N–H and O–H groups in total. The van der Waals surface area contributed by atoms with Crippen molar-refractivity contribution in [3.8, 4) is 5.82 Å². The predicted octanol–water partition coefficient (Wildman–Crippen LogP) is 3.23. The van der Waals surface area contributed by atoms with Crippen molar-refractivity contribution in [3.05, 3.63) is 53.1 Å². The van der Waals surface area contributed by atoms with Gasteiger partial charge in [-0.1, -0.05) is 25.3 Å². The maximum atomic E-state index is 5.80. The Morgan fingerprint density at radius 3 is 2.86 bits per heavy atom. The number of rotatable bonds is 8. The second kappa shape index (κ2) is 11.2. The fourth-order valence-electron chi connectivity index (χ4n) is 5.21. The van der Waals surface area contributed by atoms with Crippen molar-refractivity contribution in [1.82, 2.24) is 19.5 Å². The van der Waals surface area contributed by atoms with E-state index >= 15 is 0 Å². The number of methoxy groups -OCH3 is 1. The van der Waals surface area contributed by atoms with E-state index < -0.39 is 0 Å². The third-order valence-corrected chi connectivity index (χ3v) is 7.04. The van der Waals surface area contributed by atoms with E-state index in [2.05, 4.69) is 20.9 Å². The minimum atomic E-state index is 0.202. The van der Waals surface area contributed by atoms with E-state index in [1.54, 1.807) is 7.11 Å². The average Bonchev–Trinajstić information content (AvgIpc) is 3.27. The number of fused-ring (bicyclic) bond motifs is 1. The molecule has 0 saturated heterocycles. The van der Waals surface area contributed by atoms with Crippen LogP contribution in [-0.4, -0.2) is 58.5 Å². The summed E-state index contributed by atoms with van der Waals surface area (Å²) in [5, 5.41) is 3.56. The number of allylic oxidation sites excluding steroid dienone is 2. The summed E-state index contributed by atoms with van der Waals surface area (Å²) in [6.07, 6.45) is 15.6. The van der Waals surface area contributed by atoms with Gasteiger partial charge in [-0.3, -0.25) is 4.57 Å². The number of nitrogens with zero attached hydrogens (tertiary/aromatic N) is 4. The van der Waals surface area contributed by atoms with Gasteiger partial charge in [-0.2, -0.15) is 4.98 Å². The van der Waals surface area contributed by atoms with Crippen LogP contribution in [-0.2, 0) is 33.5 Å². The highest BCUT2D eigenvalue weighted by Gasteiger charge is 2.26. The standard InChI is InChI=1S/C26H36N6O3/c1-33-19-10-11-21-20(16-19)30-24(9-5-8-22-23(17-27)35-15-14-34-22)32(21)25-12-13-28-26(31-25)29-18-6-3-2-4-7-18/h5,8,12-13,18-19H,2-4,6-7,9-11,14-17,27H2,1H3,(H,28,29,31)/b8-5-. The second-order valence-corrected chi connectivity index (χ2v) is 9.37. The van der Waals surface area contributed by atoms with Gasteiger partial charge in [0, 0.05) is 37.9 Å². The van der Waals surface area contributed by atoms with E-state index in [1.165, 1.54) is 37.8 Å². The summed E-state index contributed by atoms with van der Waals surface area (Å²) in [6, 6.07) is 2.42. The fourth-order valence-corrected chi connectivity index (χ4v) is 5.21. The Balaban J connectivity index is 1.43. The molecule has 1 fully saturated rings. The highest BCUT2D eigenvalue weighted by atomic mass is 16.6. The summed E-state index contributed by atoms with van der Waals surface area (Å²) in [5.74, 6) is 3.87. The zero-order valence-electron chi connectivity index (χ0n) is 20.5. The quantitative estimate of drug-likeness (QED) is 0.593. The Labute approximate surface area is 206 Å². The molecule has 35 heavy (non-hydrogen) atoms. The van der Waals surface area contributed by atoms with Crippen molar-refractivity contribution in [3.63, 3.8) is 0 Å². The largest absolute Gasteiger partial charge is 0.489 e. The molecule has 3 heterocycles. The van der Waals surface area contributed by atoms with Crippen LogP contribution in [0.5, 0.6) is 0 Å². The molecule has 1 unspecified atom stereocenters. The number of aromatic nitrogens is 4. The second-order valence-electron chi connectivity index (χ2n) is 9.37. The van der Waals surface area contributed by atoms with Gasteiger partial charge in [0.25, 0.3) is 0 Å². The Bertz CT molecular complexity index is 1070. The molecule has 0 amide bonds. The molecule has 2 aromatic heterocycles. The molecular weight excluding hydrogens is 444 g/mol. The maximum Gasteiger partial charge on any atom is 0.224 e. The maximum absolute atomic E-state index is 5.80. The van der Waals surface area contributed by atoms with Crippen LogP contribution in [0.3, 0.4) is 0 Å². The molecule has 0 aromatic carbocycles. The molecule has 3 aliphatic rings. The van der Waals surface area contributed by atoms with Gasteiger partial charge in [-0.05, 0) is 37.8 Å². The van der Waals surface area contributed by atoms with E-state index in [-0.39, 0.29) is 6.10 Å². The van der Waals surface area contributed by atoms with Gasteiger partial charge >= 0.3 is 0 Å². The van der Waals surface area contributed by atoms with Gasteiger partial charge < -0.3 is 25.3 Å². The summed E-state index contributed by atoms with van der Waals surface area (Å²) in [6.45, 7) is 1.38. The zero-order valence-corrected chi connectivity index (χ0v) is 20.5. The Hall–Kier alpha value is -2.91. The SMILES string of the molecule is COC1CCc2c(nc(C/C=C\C3=C(CN)OCCO3)n2-c2ccnc(NC3CCCCC3)n2)C1. The zero-order chi connectivity index (χ0) is 24.0. The average molecular weight is 481 g/mol. The summed E-state index contributed by atoms with van der Waals surface area (Å²) in [7, 11) is 1.78. The molecule has 0 bridgehead atoms. The molecule has 1 atom stereocenters. The Morgan fingerprint density at radius 1 is 1.17 bits per heavy atom. The van der Waals surface area contributed by atoms with Crippen LogP contribution in [0.4, 0.5) is 5.95 Å². The van der Waals surface area contributed by atoms with Gasteiger partial charge in [0.15, 0.2) is 11.5 Å². The number of nitrogens with two attached hydrogens (primary N) is 1. The monoisotopic (exact) mass is 480 g/mol. The molecule has 0 spiro atoms. The van der Waals surface area contributed by atoms with Crippen molar-refractivity contribution in [1.29, 1.82) is 0 Å².